The summed E-state index contributed by atoms with van der Waals surface area (Å²) in [4.78, 5) is 3.70. The van der Waals surface area contributed by atoms with Crippen LogP contribution in [0, 0.1) is 0 Å². The zero-order valence-corrected chi connectivity index (χ0v) is 13.4. The van der Waals surface area contributed by atoms with E-state index in [4.69, 9.17) is 34.8 Å². The normalized spacial score (nSPS) is 11.4. The third-order valence-electron chi connectivity index (χ3n) is 2.42. The van der Waals surface area contributed by atoms with Crippen LogP contribution in [0.15, 0.2) is 30.6 Å². The second-order valence-corrected chi connectivity index (χ2v) is 7.16. The number of sulfonamides is 1. The Morgan fingerprint density at radius 1 is 1.10 bits per heavy atom. The van der Waals surface area contributed by atoms with E-state index in [1.807, 2.05) is 0 Å². The first kappa shape index (κ1) is 16.2. The van der Waals surface area contributed by atoms with Crippen molar-refractivity contribution in [3.63, 3.8) is 0 Å². The molecule has 5 nitrogen and oxygen atoms in total. The van der Waals surface area contributed by atoms with Crippen molar-refractivity contribution < 1.29 is 13.5 Å². The van der Waals surface area contributed by atoms with E-state index in [-0.39, 0.29) is 22.2 Å². The monoisotopic (exact) mass is 366 g/mol. The Kier molecular flexibility index (Phi) is 4.83. The Bertz CT molecular complexity index is 761. The van der Waals surface area contributed by atoms with Crippen LogP contribution in [-0.2, 0) is 15.8 Å². The SMILES string of the molecule is O=S(=O)(Cc1cc(Cl)cc(Cl)c1)Nc1cncc(Cl)c1O. The van der Waals surface area contributed by atoms with Gasteiger partial charge in [-0.3, -0.25) is 9.71 Å². The standard InChI is InChI=1S/C12H9Cl3N2O3S/c13-8-1-7(2-9(14)3-8)6-21(19,20)17-11-5-16-4-10(15)12(11)18/h1-5,17H,6H2,(H,16,18). The molecule has 0 bridgehead atoms. The number of aromatic hydroxyl groups is 1. The van der Waals surface area contributed by atoms with Gasteiger partial charge in [-0.2, -0.15) is 0 Å². The predicted octanol–water partition coefficient (Wildman–Crippen LogP) is 3.69. The van der Waals surface area contributed by atoms with E-state index in [0.29, 0.717) is 15.6 Å². The molecule has 1 heterocycles. The van der Waals surface area contributed by atoms with Gasteiger partial charge in [-0.05, 0) is 23.8 Å². The highest BCUT2D eigenvalue weighted by atomic mass is 35.5. The van der Waals surface area contributed by atoms with Gasteiger partial charge in [0.15, 0.2) is 5.75 Å². The fraction of sp³-hybridized carbons (Fsp3) is 0.0833. The Labute approximate surface area is 136 Å². The number of halogens is 3. The van der Waals surface area contributed by atoms with E-state index in [2.05, 4.69) is 9.71 Å². The molecule has 2 N–H and O–H groups in total. The summed E-state index contributed by atoms with van der Waals surface area (Å²) in [5.74, 6) is -0.751. The highest BCUT2D eigenvalue weighted by Crippen LogP contribution is 2.31. The summed E-state index contributed by atoms with van der Waals surface area (Å²) in [7, 11) is -3.79. The molecule has 0 atom stereocenters. The number of nitrogens with zero attached hydrogens (tertiary/aromatic N) is 1. The number of anilines is 1. The molecule has 0 unspecified atom stereocenters. The van der Waals surface area contributed by atoms with Crippen LogP contribution >= 0.6 is 34.8 Å². The van der Waals surface area contributed by atoms with Crippen molar-refractivity contribution in [1.29, 1.82) is 0 Å². The van der Waals surface area contributed by atoms with Gasteiger partial charge in [0.25, 0.3) is 0 Å². The van der Waals surface area contributed by atoms with Crippen LogP contribution in [0.5, 0.6) is 5.75 Å². The van der Waals surface area contributed by atoms with Gasteiger partial charge in [-0.15, -0.1) is 0 Å². The summed E-state index contributed by atoms with van der Waals surface area (Å²) in [6.45, 7) is 0. The van der Waals surface area contributed by atoms with E-state index in [0.717, 1.165) is 6.20 Å². The zero-order valence-electron chi connectivity index (χ0n) is 10.3. The number of hydrogen-bond acceptors (Lipinski definition) is 4. The summed E-state index contributed by atoms with van der Waals surface area (Å²) < 4.78 is 26.4. The van der Waals surface area contributed by atoms with Crippen LogP contribution in [0.2, 0.25) is 15.1 Å². The Morgan fingerprint density at radius 3 is 2.33 bits per heavy atom. The molecule has 0 radical (unpaired) electrons. The fourth-order valence-electron chi connectivity index (χ4n) is 1.62. The summed E-state index contributed by atoms with van der Waals surface area (Å²) in [6.07, 6.45) is 2.36. The number of pyridine rings is 1. The second-order valence-electron chi connectivity index (χ2n) is 4.16. The lowest BCUT2D eigenvalue weighted by Gasteiger charge is -2.10. The highest BCUT2D eigenvalue weighted by molar-refractivity contribution is 7.91. The van der Waals surface area contributed by atoms with Gasteiger partial charge in [0.2, 0.25) is 10.0 Å². The van der Waals surface area contributed by atoms with Crippen LogP contribution in [0.4, 0.5) is 5.69 Å². The molecule has 0 aliphatic carbocycles. The maximum atomic E-state index is 12.1. The molecule has 2 aromatic rings. The van der Waals surface area contributed by atoms with Crippen LogP contribution in [0.3, 0.4) is 0 Å². The topological polar surface area (TPSA) is 79.3 Å². The molecule has 2 rings (SSSR count). The quantitative estimate of drug-likeness (QED) is 0.864. The van der Waals surface area contributed by atoms with Gasteiger partial charge in [0, 0.05) is 16.2 Å². The summed E-state index contributed by atoms with van der Waals surface area (Å²) in [6, 6.07) is 4.48. The largest absolute Gasteiger partial charge is 0.504 e. The van der Waals surface area contributed by atoms with Crippen molar-refractivity contribution >= 4 is 50.5 Å². The number of rotatable bonds is 4. The first-order chi connectivity index (χ1) is 9.77. The van der Waals surface area contributed by atoms with Crippen LogP contribution < -0.4 is 4.72 Å². The van der Waals surface area contributed by atoms with Gasteiger partial charge in [0.05, 0.1) is 11.9 Å². The number of aromatic nitrogens is 1. The molecule has 1 aromatic heterocycles. The van der Waals surface area contributed by atoms with Crippen molar-refractivity contribution in [2.75, 3.05) is 4.72 Å². The van der Waals surface area contributed by atoms with Crippen molar-refractivity contribution in [2.24, 2.45) is 0 Å². The molecule has 9 heteroatoms. The lowest BCUT2D eigenvalue weighted by molar-refractivity contribution is 0.477. The fourth-order valence-corrected chi connectivity index (χ4v) is 3.51. The molecule has 0 fully saturated rings. The smallest absolute Gasteiger partial charge is 0.237 e. The van der Waals surface area contributed by atoms with Gasteiger partial charge >= 0.3 is 0 Å². The van der Waals surface area contributed by atoms with E-state index >= 15 is 0 Å². The molecule has 0 saturated carbocycles. The Morgan fingerprint density at radius 2 is 1.71 bits per heavy atom. The first-order valence-corrected chi connectivity index (χ1v) is 8.33. The van der Waals surface area contributed by atoms with Crippen molar-refractivity contribution in [3.8, 4) is 5.75 Å². The van der Waals surface area contributed by atoms with Gasteiger partial charge in [-0.25, -0.2) is 8.42 Å². The maximum absolute atomic E-state index is 12.1. The number of benzene rings is 1. The van der Waals surface area contributed by atoms with E-state index in [1.54, 1.807) is 0 Å². The van der Waals surface area contributed by atoms with Crippen LogP contribution in [0.25, 0.3) is 0 Å². The molecule has 0 aliphatic heterocycles. The minimum atomic E-state index is -3.79. The van der Waals surface area contributed by atoms with Gasteiger partial charge < -0.3 is 5.11 Å². The molecular formula is C12H9Cl3N2O3S. The molecule has 0 spiro atoms. The maximum Gasteiger partial charge on any atom is 0.237 e. The van der Waals surface area contributed by atoms with Crippen molar-refractivity contribution in [1.82, 2.24) is 4.98 Å². The second kappa shape index (κ2) is 6.27. The average molecular weight is 368 g/mol. The number of hydrogen-bond donors (Lipinski definition) is 2. The molecule has 21 heavy (non-hydrogen) atoms. The van der Waals surface area contributed by atoms with Crippen LogP contribution in [-0.4, -0.2) is 18.5 Å². The first-order valence-electron chi connectivity index (χ1n) is 5.55. The molecule has 1 aromatic carbocycles. The molecule has 0 aliphatic rings. The van der Waals surface area contributed by atoms with Gasteiger partial charge in [-0.1, -0.05) is 34.8 Å². The molecule has 0 amide bonds. The summed E-state index contributed by atoms with van der Waals surface area (Å²) >= 11 is 17.3. The van der Waals surface area contributed by atoms with E-state index in [1.165, 1.54) is 24.4 Å². The minimum absolute atomic E-state index is 0.0546. The van der Waals surface area contributed by atoms with Crippen LogP contribution in [0.1, 0.15) is 5.56 Å². The predicted molar refractivity (Wildman–Crippen MR) is 83.6 cm³/mol. The molecular weight excluding hydrogens is 359 g/mol. The Balaban J connectivity index is 2.24. The third kappa shape index (κ3) is 4.38. The van der Waals surface area contributed by atoms with E-state index in [9.17, 15) is 13.5 Å². The lowest BCUT2D eigenvalue weighted by Crippen LogP contribution is -2.15. The van der Waals surface area contributed by atoms with Crippen molar-refractivity contribution in [2.45, 2.75) is 5.75 Å². The minimum Gasteiger partial charge on any atom is -0.504 e. The van der Waals surface area contributed by atoms with Crippen molar-refractivity contribution in [3.05, 3.63) is 51.2 Å². The number of nitrogens with one attached hydrogen (secondary N) is 1. The summed E-state index contributed by atoms with van der Waals surface area (Å²) in [5.41, 5.74) is 0.310. The molecule has 0 saturated heterocycles. The van der Waals surface area contributed by atoms with E-state index < -0.39 is 10.0 Å². The lowest BCUT2D eigenvalue weighted by atomic mass is 10.2. The summed E-state index contributed by atoms with van der Waals surface area (Å²) in [5, 5.41) is 10.3. The Hall–Kier alpha value is -1.21. The molecule has 112 valence electrons. The highest BCUT2D eigenvalue weighted by Gasteiger charge is 2.16. The zero-order chi connectivity index (χ0) is 15.6. The third-order valence-corrected chi connectivity index (χ3v) is 4.37. The van der Waals surface area contributed by atoms with Gasteiger partial charge in [0.1, 0.15) is 10.7 Å². The average Bonchev–Trinajstić information content (AvgIpc) is 2.32.